The minimum absolute atomic E-state index is 0.0228. The lowest BCUT2D eigenvalue weighted by molar-refractivity contribution is -0.123. The summed E-state index contributed by atoms with van der Waals surface area (Å²) in [5, 5.41) is 2.97. The van der Waals surface area contributed by atoms with Crippen LogP contribution in [0.1, 0.15) is 19.4 Å². The number of carbonyl (C=O) groups excluding carboxylic acids is 1. The molecule has 1 N–H and O–H groups in total. The molecule has 1 heterocycles. The van der Waals surface area contributed by atoms with E-state index in [9.17, 15) is 4.79 Å². The van der Waals surface area contributed by atoms with Gasteiger partial charge in [0.05, 0.1) is 25.4 Å². The summed E-state index contributed by atoms with van der Waals surface area (Å²) in [6.07, 6.45) is 3.86. The number of nitrogens with one attached hydrogen (secondary N) is 1. The van der Waals surface area contributed by atoms with E-state index in [0.717, 1.165) is 27.4 Å². The summed E-state index contributed by atoms with van der Waals surface area (Å²) in [6, 6.07) is 5.77. The number of hydrogen-bond donors (Lipinski definition) is 1. The van der Waals surface area contributed by atoms with Crippen LogP contribution < -0.4 is 14.8 Å². The zero-order valence-electron chi connectivity index (χ0n) is 14.4. The molecule has 1 aliphatic rings. The molecule has 0 spiro atoms. The normalized spacial score (nSPS) is 14.2. The van der Waals surface area contributed by atoms with Gasteiger partial charge in [0.15, 0.2) is 0 Å². The second kappa shape index (κ2) is 8.24. The minimum Gasteiger partial charge on any atom is -0.497 e. The molecule has 24 heavy (non-hydrogen) atoms. The highest BCUT2D eigenvalue weighted by Crippen LogP contribution is 2.29. The van der Waals surface area contributed by atoms with Crippen LogP contribution in [0.3, 0.4) is 0 Å². The Kier molecular flexibility index (Phi) is 6.31. The maximum atomic E-state index is 11.9. The van der Waals surface area contributed by atoms with Crippen molar-refractivity contribution in [2.45, 2.75) is 20.4 Å². The molecule has 0 fully saturated rings. The molecule has 0 unspecified atom stereocenters. The van der Waals surface area contributed by atoms with E-state index >= 15 is 0 Å². The van der Waals surface area contributed by atoms with E-state index in [1.807, 2.05) is 44.2 Å². The summed E-state index contributed by atoms with van der Waals surface area (Å²) in [7, 11) is 3.28. The van der Waals surface area contributed by atoms with Gasteiger partial charge in [0.25, 0.3) is 0 Å². The van der Waals surface area contributed by atoms with Gasteiger partial charge >= 0.3 is 0 Å². The van der Waals surface area contributed by atoms with Gasteiger partial charge in [-0.15, -0.1) is 0 Å². The van der Waals surface area contributed by atoms with Crippen molar-refractivity contribution in [1.82, 2.24) is 10.2 Å². The Morgan fingerprint density at radius 1 is 1.29 bits per heavy atom. The Balaban J connectivity index is 2.12. The maximum Gasteiger partial charge on any atom is 0.226 e. The van der Waals surface area contributed by atoms with E-state index in [1.54, 1.807) is 14.2 Å². The van der Waals surface area contributed by atoms with Crippen LogP contribution in [0.2, 0.25) is 0 Å². The quantitative estimate of drug-likeness (QED) is 0.751. The predicted octanol–water partition coefficient (Wildman–Crippen LogP) is 3.41. The van der Waals surface area contributed by atoms with E-state index < -0.39 is 0 Å². The number of allylic oxidation sites excluding steroid dienone is 2. The van der Waals surface area contributed by atoms with Crippen molar-refractivity contribution in [2.24, 2.45) is 5.92 Å². The first-order chi connectivity index (χ1) is 11.4. The van der Waals surface area contributed by atoms with E-state index in [-0.39, 0.29) is 11.8 Å². The smallest absolute Gasteiger partial charge is 0.226 e. The van der Waals surface area contributed by atoms with Crippen LogP contribution in [0.5, 0.6) is 11.5 Å². The number of halogens is 1. The molecule has 130 valence electrons. The summed E-state index contributed by atoms with van der Waals surface area (Å²) in [4.78, 5) is 14.0. The van der Waals surface area contributed by atoms with Gasteiger partial charge in [-0.05, 0) is 40.2 Å². The number of hydrogen-bond acceptors (Lipinski definition) is 4. The van der Waals surface area contributed by atoms with E-state index in [2.05, 4.69) is 26.1 Å². The lowest BCUT2D eigenvalue weighted by Gasteiger charge is -2.29. The third-order valence-corrected chi connectivity index (χ3v) is 4.51. The number of rotatable bonds is 6. The zero-order chi connectivity index (χ0) is 17.7. The third kappa shape index (κ3) is 4.54. The predicted molar refractivity (Wildman–Crippen MR) is 98.0 cm³/mol. The molecule has 0 saturated heterocycles. The maximum absolute atomic E-state index is 11.9. The van der Waals surface area contributed by atoms with Gasteiger partial charge in [0.1, 0.15) is 11.5 Å². The van der Waals surface area contributed by atoms with Crippen LogP contribution in [-0.2, 0) is 11.3 Å². The molecule has 5 nitrogen and oxygen atoms in total. The first kappa shape index (κ1) is 18.4. The zero-order valence-corrected chi connectivity index (χ0v) is 16.0. The van der Waals surface area contributed by atoms with Crippen LogP contribution >= 0.6 is 15.9 Å². The van der Waals surface area contributed by atoms with E-state index in [0.29, 0.717) is 13.1 Å². The number of methoxy groups -OCH3 is 2. The third-order valence-electron chi connectivity index (χ3n) is 3.75. The summed E-state index contributed by atoms with van der Waals surface area (Å²) in [5.41, 5.74) is 1.92. The Hall–Kier alpha value is -1.95. The highest BCUT2D eigenvalue weighted by Gasteiger charge is 2.18. The van der Waals surface area contributed by atoms with Crippen molar-refractivity contribution in [3.63, 3.8) is 0 Å². The molecule has 2 rings (SSSR count). The molecular formula is C18H23BrN2O3. The van der Waals surface area contributed by atoms with Gasteiger partial charge in [0, 0.05) is 29.8 Å². The molecule has 1 aliphatic heterocycles. The molecule has 0 saturated carbocycles. The number of ether oxygens (including phenoxy) is 2. The van der Waals surface area contributed by atoms with Gasteiger partial charge in [-0.3, -0.25) is 4.79 Å². The van der Waals surface area contributed by atoms with Crippen molar-refractivity contribution in [2.75, 3.05) is 20.8 Å². The molecule has 0 bridgehead atoms. The van der Waals surface area contributed by atoms with Crippen LogP contribution in [0, 0.1) is 5.92 Å². The number of benzene rings is 1. The van der Waals surface area contributed by atoms with Crippen molar-refractivity contribution < 1.29 is 14.3 Å². The standard InChI is InChI=1S/C18H23BrN2O3/c1-12(2)18(22)20-14-6-8-17(19)21(11-14)10-13-5-7-15(23-3)9-16(13)24-4/h5-9,12H,10-11H2,1-4H3,(H,20,22). The van der Waals surface area contributed by atoms with Gasteiger partial charge < -0.3 is 19.7 Å². The number of nitrogens with zero attached hydrogens (tertiary/aromatic N) is 1. The molecule has 0 aromatic heterocycles. The van der Waals surface area contributed by atoms with Gasteiger partial charge in [-0.2, -0.15) is 0 Å². The fourth-order valence-electron chi connectivity index (χ4n) is 2.31. The average Bonchev–Trinajstić information content (AvgIpc) is 2.57. The number of amides is 1. The lowest BCUT2D eigenvalue weighted by atomic mass is 10.1. The molecule has 0 atom stereocenters. The van der Waals surface area contributed by atoms with E-state index in [1.165, 1.54) is 0 Å². The fourth-order valence-corrected chi connectivity index (χ4v) is 2.69. The second-order valence-corrected chi connectivity index (χ2v) is 6.67. The Labute approximate surface area is 151 Å². The molecule has 6 heteroatoms. The van der Waals surface area contributed by atoms with Gasteiger partial charge in [0.2, 0.25) is 5.91 Å². The summed E-state index contributed by atoms with van der Waals surface area (Å²) < 4.78 is 11.7. The first-order valence-corrected chi connectivity index (χ1v) is 8.57. The molecular weight excluding hydrogens is 372 g/mol. The van der Waals surface area contributed by atoms with Crippen LogP contribution in [-0.4, -0.2) is 31.6 Å². The molecule has 1 aromatic carbocycles. The fraction of sp³-hybridized carbons (Fsp3) is 0.389. The van der Waals surface area contributed by atoms with Crippen LogP contribution in [0.15, 0.2) is 40.7 Å². The number of carbonyl (C=O) groups is 1. The average molecular weight is 395 g/mol. The van der Waals surface area contributed by atoms with Crippen molar-refractivity contribution in [3.05, 3.63) is 46.2 Å². The molecule has 0 radical (unpaired) electrons. The highest BCUT2D eigenvalue weighted by molar-refractivity contribution is 9.11. The second-order valence-electron chi connectivity index (χ2n) is 5.86. The van der Waals surface area contributed by atoms with Crippen molar-refractivity contribution in [3.8, 4) is 11.5 Å². The summed E-state index contributed by atoms with van der Waals surface area (Å²) >= 11 is 3.57. The molecule has 1 aromatic rings. The Morgan fingerprint density at radius 3 is 2.67 bits per heavy atom. The summed E-state index contributed by atoms with van der Waals surface area (Å²) in [5.74, 6) is 1.51. The van der Waals surface area contributed by atoms with Crippen molar-refractivity contribution in [1.29, 1.82) is 0 Å². The highest BCUT2D eigenvalue weighted by atomic mass is 79.9. The molecule has 0 aliphatic carbocycles. The largest absolute Gasteiger partial charge is 0.497 e. The lowest BCUT2D eigenvalue weighted by Crippen LogP contribution is -2.35. The Morgan fingerprint density at radius 2 is 2.04 bits per heavy atom. The molecule has 1 amide bonds. The van der Waals surface area contributed by atoms with E-state index in [4.69, 9.17) is 9.47 Å². The Bertz CT molecular complexity index is 668. The summed E-state index contributed by atoms with van der Waals surface area (Å²) in [6.45, 7) is 5.03. The van der Waals surface area contributed by atoms with Crippen molar-refractivity contribution >= 4 is 21.8 Å². The van der Waals surface area contributed by atoms with Gasteiger partial charge in [-0.25, -0.2) is 0 Å². The minimum atomic E-state index is -0.0459. The SMILES string of the molecule is COc1ccc(CN2CC(NC(=O)C(C)C)=CC=C2Br)c(OC)c1. The van der Waals surface area contributed by atoms with Crippen LogP contribution in [0.4, 0.5) is 0 Å². The monoisotopic (exact) mass is 394 g/mol. The topological polar surface area (TPSA) is 50.8 Å². The first-order valence-electron chi connectivity index (χ1n) is 7.77. The van der Waals surface area contributed by atoms with Gasteiger partial charge in [-0.1, -0.05) is 13.8 Å². The van der Waals surface area contributed by atoms with Crippen LogP contribution in [0.25, 0.3) is 0 Å².